The Morgan fingerprint density at radius 1 is 1.50 bits per heavy atom. The molecule has 1 heterocycles. The Morgan fingerprint density at radius 2 is 2.15 bits per heavy atom. The maximum atomic E-state index is 11.8. The molecule has 1 amide bonds. The lowest BCUT2D eigenvalue weighted by Crippen LogP contribution is -2.59. The lowest BCUT2D eigenvalue weighted by atomic mass is 9.90. The Labute approximate surface area is 123 Å². The van der Waals surface area contributed by atoms with Gasteiger partial charge in [0.1, 0.15) is 0 Å². The average molecular weight is 285 g/mol. The predicted molar refractivity (Wildman–Crippen MR) is 81.6 cm³/mol. The monoisotopic (exact) mass is 285 g/mol. The third-order valence-corrected chi connectivity index (χ3v) is 4.22. The summed E-state index contributed by atoms with van der Waals surface area (Å²) in [4.78, 5) is 14.2. The first-order chi connectivity index (χ1) is 9.28. The second-order valence-corrected chi connectivity index (χ2v) is 6.54. The van der Waals surface area contributed by atoms with Crippen LogP contribution in [0, 0.1) is 0 Å². The molecule has 0 radical (unpaired) electrons. The molecule has 1 aliphatic rings. The van der Waals surface area contributed by atoms with E-state index in [2.05, 4.69) is 17.1 Å². The molecule has 0 bridgehead atoms. The fourth-order valence-corrected chi connectivity index (χ4v) is 3.15. The minimum Gasteiger partial charge on any atom is -0.380 e. The largest absolute Gasteiger partial charge is 0.380 e. The predicted octanol–water partition coefficient (Wildman–Crippen LogP) is 1.12. The number of methoxy groups -OCH3 is 1. The Bertz CT molecular complexity index is 322. The molecule has 118 valence electrons. The number of hydrogen-bond donors (Lipinski definition) is 2. The van der Waals surface area contributed by atoms with Crippen molar-refractivity contribution >= 4 is 5.91 Å². The summed E-state index contributed by atoms with van der Waals surface area (Å²) in [7, 11) is 1.77. The van der Waals surface area contributed by atoms with E-state index < -0.39 is 5.54 Å². The van der Waals surface area contributed by atoms with Gasteiger partial charge in [-0.25, -0.2) is 0 Å². The van der Waals surface area contributed by atoms with Crippen molar-refractivity contribution in [2.45, 2.75) is 70.7 Å². The number of nitrogens with one attached hydrogen (secondary N) is 1. The van der Waals surface area contributed by atoms with Gasteiger partial charge in [0.15, 0.2) is 0 Å². The average Bonchev–Trinajstić information content (AvgIpc) is 2.37. The number of amides is 1. The zero-order valence-corrected chi connectivity index (χ0v) is 13.6. The summed E-state index contributed by atoms with van der Waals surface area (Å²) in [6, 6.07) is 0.532. The van der Waals surface area contributed by atoms with Gasteiger partial charge in [0.25, 0.3) is 0 Å². The number of primary amides is 1. The van der Waals surface area contributed by atoms with E-state index >= 15 is 0 Å². The van der Waals surface area contributed by atoms with E-state index in [1.54, 1.807) is 7.11 Å². The second-order valence-electron chi connectivity index (χ2n) is 6.54. The summed E-state index contributed by atoms with van der Waals surface area (Å²) in [6.45, 7) is 10.2. The van der Waals surface area contributed by atoms with Crippen LogP contribution in [0.15, 0.2) is 0 Å². The number of carbonyl (C=O) groups excluding carboxylic acids is 1. The van der Waals surface area contributed by atoms with E-state index in [0.717, 1.165) is 32.4 Å². The van der Waals surface area contributed by atoms with Crippen molar-refractivity contribution in [2.24, 2.45) is 5.73 Å². The number of nitrogens with zero attached hydrogens (tertiary/aromatic N) is 1. The van der Waals surface area contributed by atoms with Gasteiger partial charge in [-0.2, -0.15) is 0 Å². The summed E-state index contributed by atoms with van der Waals surface area (Å²) in [6.07, 6.45) is 3.30. The van der Waals surface area contributed by atoms with Gasteiger partial charge < -0.3 is 15.8 Å². The molecule has 1 saturated heterocycles. The Balaban J connectivity index is 2.65. The van der Waals surface area contributed by atoms with E-state index in [-0.39, 0.29) is 11.9 Å². The lowest BCUT2D eigenvalue weighted by Gasteiger charge is -2.40. The molecular formula is C15H31N3O2. The number of ether oxygens (including phenoxy) is 1. The summed E-state index contributed by atoms with van der Waals surface area (Å²) >= 11 is 0. The van der Waals surface area contributed by atoms with Crippen molar-refractivity contribution in [2.75, 3.05) is 20.2 Å². The van der Waals surface area contributed by atoms with Gasteiger partial charge in [-0.1, -0.05) is 0 Å². The Kier molecular flexibility index (Phi) is 6.43. The number of nitrogens with two attached hydrogens (primary N) is 1. The van der Waals surface area contributed by atoms with Gasteiger partial charge in [-0.05, 0) is 53.5 Å². The van der Waals surface area contributed by atoms with Crippen LogP contribution in [0.1, 0.15) is 47.0 Å². The molecule has 3 atom stereocenters. The fraction of sp³-hybridized carbons (Fsp3) is 0.933. The molecule has 0 aromatic heterocycles. The number of carbonyl (C=O) groups is 1. The van der Waals surface area contributed by atoms with Crippen LogP contribution in [0.3, 0.4) is 0 Å². The zero-order chi connectivity index (χ0) is 15.3. The maximum absolute atomic E-state index is 11.8. The molecule has 0 aliphatic carbocycles. The van der Waals surface area contributed by atoms with Gasteiger partial charge in [0.2, 0.25) is 5.91 Å². The van der Waals surface area contributed by atoms with Crippen LogP contribution in [-0.2, 0) is 9.53 Å². The van der Waals surface area contributed by atoms with Crippen LogP contribution in [0.2, 0.25) is 0 Å². The third-order valence-electron chi connectivity index (χ3n) is 4.22. The molecule has 1 rings (SSSR count). The van der Waals surface area contributed by atoms with Gasteiger partial charge in [0.05, 0.1) is 11.6 Å². The highest BCUT2D eigenvalue weighted by atomic mass is 16.5. The van der Waals surface area contributed by atoms with Crippen molar-refractivity contribution in [3.05, 3.63) is 0 Å². The molecule has 0 saturated carbocycles. The van der Waals surface area contributed by atoms with E-state index in [4.69, 9.17) is 10.5 Å². The summed E-state index contributed by atoms with van der Waals surface area (Å²) in [5.41, 5.74) is 4.95. The number of piperidine rings is 1. The first-order valence-corrected chi connectivity index (χ1v) is 7.63. The summed E-state index contributed by atoms with van der Waals surface area (Å²) in [5, 5.41) is 3.32. The molecule has 1 aliphatic heterocycles. The second kappa shape index (κ2) is 7.38. The van der Waals surface area contributed by atoms with Gasteiger partial charge in [-0.3, -0.25) is 9.69 Å². The van der Waals surface area contributed by atoms with Crippen LogP contribution in [0.5, 0.6) is 0 Å². The minimum atomic E-state index is -0.659. The van der Waals surface area contributed by atoms with E-state index in [1.807, 2.05) is 20.8 Å². The van der Waals surface area contributed by atoms with Crippen molar-refractivity contribution in [1.29, 1.82) is 0 Å². The van der Waals surface area contributed by atoms with Crippen LogP contribution in [-0.4, -0.2) is 54.7 Å². The highest BCUT2D eigenvalue weighted by molar-refractivity contribution is 5.84. The summed E-state index contributed by atoms with van der Waals surface area (Å²) in [5.74, 6) is -0.279. The third kappa shape index (κ3) is 4.72. The molecule has 0 aromatic rings. The standard InChI is InChI=1S/C15H31N3O2/c1-11(2)17-15(4,14(16)19)9-12(3)18-8-6-7-13(10-18)20-5/h11-13,17H,6-10H2,1-5H3,(H2,16,19). The smallest absolute Gasteiger partial charge is 0.237 e. The minimum absolute atomic E-state index is 0.229. The number of hydrogen-bond acceptors (Lipinski definition) is 4. The van der Waals surface area contributed by atoms with Crippen molar-refractivity contribution < 1.29 is 9.53 Å². The van der Waals surface area contributed by atoms with E-state index in [9.17, 15) is 4.79 Å². The first kappa shape index (κ1) is 17.4. The first-order valence-electron chi connectivity index (χ1n) is 7.63. The molecule has 1 fully saturated rings. The van der Waals surface area contributed by atoms with Crippen LogP contribution >= 0.6 is 0 Å². The number of likely N-dealkylation sites (tertiary alicyclic amines) is 1. The van der Waals surface area contributed by atoms with Crippen LogP contribution < -0.4 is 11.1 Å². The Morgan fingerprint density at radius 3 is 2.65 bits per heavy atom. The highest BCUT2D eigenvalue weighted by Crippen LogP contribution is 2.21. The van der Waals surface area contributed by atoms with Crippen LogP contribution in [0.4, 0.5) is 0 Å². The molecule has 0 aromatic carbocycles. The Hall–Kier alpha value is -0.650. The fourth-order valence-electron chi connectivity index (χ4n) is 3.15. The molecule has 5 heteroatoms. The lowest BCUT2D eigenvalue weighted by molar-refractivity contribution is -0.125. The quantitative estimate of drug-likeness (QED) is 0.735. The summed E-state index contributed by atoms with van der Waals surface area (Å²) < 4.78 is 5.46. The van der Waals surface area contributed by atoms with Crippen molar-refractivity contribution in [3.8, 4) is 0 Å². The number of rotatable bonds is 7. The topological polar surface area (TPSA) is 67.6 Å². The van der Waals surface area contributed by atoms with Crippen LogP contribution in [0.25, 0.3) is 0 Å². The van der Waals surface area contributed by atoms with Crippen molar-refractivity contribution in [1.82, 2.24) is 10.2 Å². The molecule has 20 heavy (non-hydrogen) atoms. The molecule has 3 unspecified atom stereocenters. The zero-order valence-electron chi connectivity index (χ0n) is 13.6. The highest BCUT2D eigenvalue weighted by Gasteiger charge is 2.35. The van der Waals surface area contributed by atoms with Crippen molar-refractivity contribution in [3.63, 3.8) is 0 Å². The maximum Gasteiger partial charge on any atom is 0.237 e. The molecule has 5 nitrogen and oxygen atoms in total. The van der Waals surface area contributed by atoms with Gasteiger partial charge in [0, 0.05) is 25.7 Å². The van der Waals surface area contributed by atoms with E-state index in [1.165, 1.54) is 0 Å². The molecule has 0 spiro atoms. The van der Waals surface area contributed by atoms with Gasteiger partial charge in [-0.15, -0.1) is 0 Å². The van der Waals surface area contributed by atoms with Gasteiger partial charge >= 0.3 is 0 Å². The molecular weight excluding hydrogens is 254 g/mol. The normalized spacial score (nSPS) is 25.4. The van der Waals surface area contributed by atoms with E-state index in [0.29, 0.717) is 12.1 Å². The SMILES string of the molecule is COC1CCCN(C(C)CC(C)(NC(C)C)C(N)=O)C1. The molecule has 3 N–H and O–H groups in total.